The normalized spacial score (nSPS) is 11.1. The molecular weight excluding hydrogens is 365 g/mol. The van der Waals surface area contributed by atoms with Crippen LogP contribution in [0.15, 0.2) is 53.7 Å². The SMILES string of the molecule is O=C(Nn1ccc2c(cnc3ccnn32)c1=O)c1ccc(Cl)cc1Cl. The smallest absolute Gasteiger partial charge is 0.267 e. The Morgan fingerprint density at radius 2 is 2.00 bits per heavy atom. The first-order chi connectivity index (χ1) is 12.0. The fourth-order valence-electron chi connectivity index (χ4n) is 2.49. The van der Waals surface area contributed by atoms with Crippen molar-refractivity contribution < 1.29 is 4.79 Å². The summed E-state index contributed by atoms with van der Waals surface area (Å²) < 4.78 is 2.63. The Morgan fingerprint density at radius 3 is 2.80 bits per heavy atom. The molecule has 0 unspecified atom stereocenters. The molecule has 9 heteroatoms. The maximum atomic E-state index is 12.6. The summed E-state index contributed by atoms with van der Waals surface area (Å²) in [5.41, 5.74) is 3.50. The summed E-state index contributed by atoms with van der Waals surface area (Å²) in [5.74, 6) is -0.531. The zero-order valence-electron chi connectivity index (χ0n) is 12.5. The molecule has 0 radical (unpaired) electrons. The number of carbonyl (C=O) groups excluding carboxylic acids is 1. The molecule has 4 aromatic rings. The number of rotatable bonds is 2. The maximum absolute atomic E-state index is 12.6. The molecule has 0 saturated heterocycles. The van der Waals surface area contributed by atoms with Crippen LogP contribution in [-0.4, -0.2) is 25.2 Å². The number of hydrogen-bond donors (Lipinski definition) is 1. The van der Waals surface area contributed by atoms with Gasteiger partial charge in [-0.25, -0.2) is 14.2 Å². The Labute approximate surface area is 150 Å². The molecule has 124 valence electrons. The van der Waals surface area contributed by atoms with Gasteiger partial charge in [0.15, 0.2) is 5.65 Å². The van der Waals surface area contributed by atoms with Crippen LogP contribution in [0.4, 0.5) is 0 Å². The van der Waals surface area contributed by atoms with Crippen LogP contribution < -0.4 is 11.0 Å². The lowest BCUT2D eigenvalue weighted by Crippen LogP contribution is -2.33. The van der Waals surface area contributed by atoms with Gasteiger partial charge in [-0.2, -0.15) is 5.10 Å². The molecule has 25 heavy (non-hydrogen) atoms. The van der Waals surface area contributed by atoms with Crippen LogP contribution in [0.25, 0.3) is 16.6 Å². The van der Waals surface area contributed by atoms with E-state index in [2.05, 4.69) is 15.5 Å². The van der Waals surface area contributed by atoms with Crippen molar-refractivity contribution in [1.29, 1.82) is 0 Å². The number of pyridine rings is 1. The van der Waals surface area contributed by atoms with Crippen LogP contribution in [0.5, 0.6) is 0 Å². The highest BCUT2D eigenvalue weighted by molar-refractivity contribution is 6.37. The van der Waals surface area contributed by atoms with Crippen LogP contribution in [0.2, 0.25) is 10.0 Å². The van der Waals surface area contributed by atoms with Gasteiger partial charge in [-0.1, -0.05) is 23.2 Å². The second-order valence-corrected chi connectivity index (χ2v) is 6.06. The quantitative estimate of drug-likeness (QED) is 0.585. The third-order valence-corrected chi connectivity index (χ3v) is 4.23. The van der Waals surface area contributed by atoms with E-state index in [0.717, 1.165) is 4.68 Å². The predicted molar refractivity (Wildman–Crippen MR) is 94.9 cm³/mol. The lowest BCUT2D eigenvalue weighted by molar-refractivity contribution is 0.101. The molecule has 0 fully saturated rings. The topological polar surface area (TPSA) is 81.3 Å². The molecular formula is C16H9Cl2N5O2. The van der Waals surface area contributed by atoms with E-state index in [0.29, 0.717) is 21.6 Å². The Kier molecular flexibility index (Phi) is 3.67. The van der Waals surface area contributed by atoms with Crippen LogP contribution in [-0.2, 0) is 0 Å². The average molecular weight is 374 g/mol. The fraction of sp³-hybridized carbons (Fsp3) is 0. The summed E-state index contributed by atoms with van der Waals surface area (Å²) in [6.07, 6.45) is 4.50. The van der Waals surface area contributed by atoms with Gasteiger partial charge in [0, 0.05) is 23.5 Å². The van der Waals surface area contributed by atoms with E-state index >= 15 is 0 Å². The zero-order valence-corrected chi connectivity index (χ0v) is 14.0. The van der Waals surface area contributed by atoms with Crippen LogP contribution in [0.3, 0.4) is 0 Å². The highest BCUT2D eigenvalue weighted by Gasteiger charge is 2.13. The van der Waals surface area contributed by atoms with Crippen molar-refractivity contribution in [1.82, 2.24) is 19.3 Å². The molecule has 0 spiro atoms. The van der Waals surface area contributed by atoms with E-state index in [-0.39, 0.29) is 10.6 Å². The van der Waals surface area contributed by atoms with Crippen molar-refractivity contribution in [2.45, 2.75) is 0 Å². The number of amides is 1. The minimum absolute atomic E-state index is 0.193. The van der Waals surface area contributed by atoms with E-state index in [1.807, 2.05) is 0 Å². The van der Waals surface area contributed by atoms with Crippen molar-refractivity contribution in [3.63, 3.8) is 0 Å². The first kappa shape index (κ1) is 15.6. The van der Waals surface area contributed by atoms with E-state index in [1.54, 1.807) is 28.9 Å². The highest BCUT2D eigenvalue weighted by Crippen LogP contribution is 2.21. The van der Waals surface area contributed by atoms with Gasteiger partial charge in [-0.15, -0.1) is 0 Å². The van der Waals surface area contributed by atoms with Crippen LogP contribution in [0, 0.1) is 0 Å². The zero-order chi connectivity index (χ0) is 17.6. The summed E-state index contributed by atoms with van der Waals surface area (Å²) in [6, 6.07) is 7.89. The van der Waals surface area contributed by atoms with Crippen molar-refractivity contribution >= 4 is 45.7 Å². The summed E-state index contributed by atoms with van der Waals surface area (Å²) in [5, 5.41) is 5.06. The highest BCUT2D eigenvalue weighted by atomic mass is 35.5. The van der Waals surface area contributed by atoms with E-state index in [9.17, 15) is 9.59 Å². The summed E-state index contributed by atoms with van der Waals surface area (Å²) in [4.78, 5) is 29.2. The molecule has 0 aliphatic rings. The second kappa shape index (κ2) is 5.87. The van der Waals surface area contributed by atoms with Gasteiger partial charge in [0.1, 0.15) is 0 Å². The van der Waals surface area contributed by atoms with Crippen LogP contribution in [0.1, 0.15) is 10.4 Å². The third kappa shape index (κ3) is 2.63. The number of nitrogens with one attached hydrogen (secondary N) is 1. The third-order valence-electron chi connectivity index (χ3n) is 3.68. The molecule has 0 atom stereocenters. The number of carbonyl (C=O) groups is 1. The van der Waals surface area contributed by atoms with Gasteiger partial charge in [0.25, 0.3) is 11.5 Å². The molecule has 0 aliphatic heterocycles. The average Bonchev–Trinajstić information content (AvgIpc) is 3.06. The van der Waals surface area contributed by atoms with E-state index in [4.69, 9.17) is 23.2 Å². The van der Waals surface area contributed by atoms with E-state index < -0.39 is 11.5 Å². The van der Waals surface area contributed by atoms with Gasteiger partial charge >= 0.3 is 0 Å². The lowest BCUT2D eigenvalue weighted by atomic mass is 10.2. The Balaban J connectivity index is 1.77. The number of fused-ring (bicyclic) bond motifs is 3. The van der Waals surface area contributed by atoms with Crippen molar-refractivity contribution in [2.75, 3.05) is 5.43 Å². The van der Waals surface area contributed by atoms with Gasteiger partial charge in [0.05, 0.1) is 27.7 Å². The van der Waals surface area contributed by atoms with Crippen molar-refractivity contribution in [3.8, 4) is 0 Å². The maximum Gasteiger partial charge on any atom is 0.280 e. The number of aromatic nitrogens is 4. The molecule has 3 heterocycles. The molecule has 1 amide bonds. The standard InChI is InChI=1S/C16H9Cl2N5O2/c17-9-1-2-10(12(18)7-9)15(24)21-22-6-4-13-11(16(22)25)8-19-14-3-5-20-23(13)14/h1-8H,(H,21,24). The molecule has 1 aromatic carbocycles. The van der Waals surface area contributed by atoms with Crippen molar-refractivity contribution in [3.05, 3.63) is 74.9 Å². The van der Waals surface area contributed by atoms with E-state index in [1.165, 1.54) is 24.5 Å². The minimum Gasteiger partial charge on any atom is -0.267 e. The number of halogens is 2. The number of hydrogen-bond acceptors (Lipinski definition) is 4. The molecule has 0 bridgehead atoms. The van der Waals surface area contributed by atoms with Crippen molar-refractivity contribution in [2.24, 2.45) is 0 Å². The largest absolute Gasteiger partial charge is 0.280 e. The number of benzene rings is 1. The molecule has 1 N–H and O–H groups in total. The Hall–Kier alpha value is -2.90. The first-order valence-corrected chi connectivity index (χ1v) is 7.91. The van der Waals surface area contributed by atoms with Gasteiger partial charge in [-0.3, -0.25) is 15.0 Å². The van der Waals surface area contributed by atoms with Gasteiger partial charge in [-0.05, 0) is 24.3 Å². The van der Waals surface area contributed by atoms with Gasteiger partial charge < -0.3 is 0 Å². The minimum atomic E-state index is -0.531. The molecule has 4 rings (SSSR count). The second-order valence-electron chi connectivity index (χ2n) is 5.21. The molecule has 3 aromatic heterocycles. The fourth-order valence-corrected chi connectivity index (χ4v) is 2.98. The molecule has 0 aliphatic carbocycles. The Morgan fingerprint density at radius 1 is 1.16 bits per heavy atom. The van der Waals surface area contributed by atoms with Crippen LogP contribution >= 0.6 is 23.2 Å². The predicted octanol–water partition coefficient (Wildman–Crippen LogP) is 2.73. The monoisotopic (exact) mass is 373 g/mol. The number of nitrogens with zero attached hydrogens (tertiary/aromatic N) is 4. The summed E-state index contributed by atoms with van der Waals surface area (Å²) >= 11 is 11.8. The summed E-state index contributed by atoms with van der Waals surface area (Å²) in [7, 11) is 0. The first-order valence-electron chi connectivity index (χ1n) is 7.15. The molecule has 7 nitrogen and oxygen atoms in total. The Bertz CT molecular complexity index is 1200. The summed E-state index contributed by atoms with van der Waals surface area (Å²) in [6.45, 7) is 0. The molecule has 0 saturated carbocycles. The van der Waals surface area contributed by atoms with Gasteiger partial charge in [0.2, 0.25) is 0 Å². The lowest BCUT2D eigenvalue weighted by Gasteiger charge is -2.10.